The Hall–Kier alpha value is -1.75. The van der Waals surface area contributed by atoms with Crippen LogP contribution in [-0.4, -0.2) is 21.4 Å². The van der Waals surface area contributed by atoms with Gasteiger partial charge in [-0.05, 0) is 43.4 Å². The van der Waals surface area contributed by atoms with Crippen molar-refractivity contribution in [3.63, 3.8) is 0 Å². The van der Waals surface area contributed by atoms with Crippen LogP contribution in [0.5, 0.6) is 0 Å². The van der Waals surface area contributed by atoms with E-state index in [-0.39, 0.29) is 17.8 Å². The molecular weight excluding hydrogens is 259 g/mol. The summed E-state index contributed by atoms with van der Waals surface area (Å²) >= 11 is 0. The minimum atomic E-state index is -0.257. The first-order valence-electron chi connectivity index (χ1n) is 6.95. The zero-order valence-corrected chi connectivity index (χ0v) is 11.1. The van der Waals surface area contributed by atoms with Crippen LogP contribution in [0, 0.1) is 5.82 Å². The maximum Gasteiger partial charge on any atom is 0.229 e. The van der Waals surface area contributed by atoms with E-state index in [0.29, 0.717) is 18.1 Å². The van der Waals surface area contributed by atoms with E-state index in [4.69, 9.17) is 4.52 Å². The van der Waals surface area contributed by atoms with E-state index in [9.17, 15) is 9.50 Å². The molecule has 4 nitrogen and oxygen atoms in total. The second kappa shape index (κ2) is 5.71. The van der Waals surface area contributed by atoms with Gasteiger partial charge >= 0.3 is 0 Å². The van der Waals surface area contributed by atoms with Crippen LogP contribution in [0.25, 0.3) is 0 Å². The van der Waals surface area contributed by atoms with Gasteiger partial charge in [-0.1, -0.05) is 17.3 Å². The number of benzene rings is 1. The van der Waals surface area contributed by atoms with Gasteiger partial charge < -0.3 is 9.63 Å². The SMILES string of the molecule is OC1CCC(c2nc(Cc3cccc(F)c3)no2)CC1. The Bertz CT molecular complexity index is 577. The minimum Gasteiger partial charge on any atom is -0.393 e. The summed E-state index contributed by atoms with van der Waals surface area (Å²) in [5.74, 6) is 1.21. The number of nitrogens with zero attached hydrogens (tertiary/aromatic N) is 2. The summed E-state index contributed by atoms with van der Waals surface area (Å²) in [7, 11) is 0. The van der Waals surface area contributed by atoms with Crippen molar-refractivity contribution < 1.29 is 14.0 Å². The van der Waals surface area contributed by atoms with E-state index in [1.807, 2.05) is 6.07 Å². The summed E-state index contributed by atoms with van der Waals surface area (Å²) in [6.45, 7) is 0. The highest BCUT2D eigenvalue weighted by molar-refractivity contribution is 5.19. The number of hydrogen-bond acceptors (Lipinski definition) is 4. The molecule has 1 saturated carbocycles. The highest BCUT2D eigenvalue weighted by Gasteiger charge is 2.25. The summed E-state index contributed by atoms with van der Waals surface area (Å²) in [6.07, 6.45) is 3.60. The van der Waals surface area contributed by atoms with Gasteiger partial charge in [-0.25, -0.2) is 4.39 Å². The fourth-order valence-corrected chi connectivity index (χ4v) is 2.66. The molecule has 1 aliphatic rings. The summed E-state index contributed by atoms with van der Waals surface area (Å²) in [5, 5.41) is 13.5. The van der Waals surface area contributed by atoms with E-state index >= 15 is 0 Å². The van der Waals surface area contributed by atoms with E-state index in [2.05, 4.69) is 10.1 Å². The number of aliphatic hydroxyl groups is 1. The molecule has 0 radical (unpaired) electrons. The smallest absolute Gasteiger partial charge is 0.229 e. The predicted molar refractivity (Wildman–Crippen MR) is 70.7 cm³/mol. The van der Waals surface area contributed by atoms with Crippen molar-refractivity contribution in [2.24, 2.45) is 0 Å². The summed E-state index contributed by atoms with van der Waals surface area (Å²) in [6, 6.07) is 6.41. The molecule has 1 fully saturated rings. The number of aromatic nitrogens is 2. The molecule has 1 N–H and O–H groups in total. The first kappa shape index (κ1) is 13.2. The Labute approximate surface area is 116 Å². The summed E-state index contributed by atoms with van der Waals surface area (Å²) in [4.78, 5) is 4.40. The molecule has 0 atom stereocenters. The van der Waals surface area contributed by atoms with E-state index in [1.165, 1.54) is 12.1 Å². The Balaban J connectivity index is 1.67. The summed E-state index contributed by atoms with van der Waals surface area (Å²) in [5.41, 5.74) is 0.830. The third-order valence-electron chi connectivity index (χ3n) is 3.78. The van der Waals surface area contributed by atoms with Crippen molar-refractivity contribution in [3.8, 4) is 0 Å². The van der Waals surface area contributed by atoms with Gasteiger partial charge in [-0.2, -0.15) is 4.98 Å². The predicted octanol–water partition coefficient (Wildman–Crippen LogP) is 2.82. The number of hydrogen-bond donors (Lipinski definition) is 1. The molecule has 1 aromatic carbocycles. The molecule has 2 aromatic rings. The average molecular weight is 276 g/mol. The molecule has 1 heterocycles. The maximum absolute atomic E-state index is 13.1. The highest BCUT2D eigenvalue weighted by Crippen LogP contribution is 2.31. The number of rotatable bonds is 3. The first-order chi connectivity index (χ1) is 9.70. The quantitative estimate of drug-likeness (QED) is 0.936. The molecule has 0 amide bonds. The monoisotopic (exact) mass is 276 g/mol. The fraction of sp³-hybridized carbons (Fsp3) is 0.467. The van der Waals surface area contributed by atoms with Crippen molar-refractivity contribution in [3.05, 3.63) is 47.4 Å². The molecule has 1 aliphatic carbocycles. The Morgan fingerprint density at radius 1 is 1.25 bits per heavy atom. The standard InChI is InChI=1S/C15H17FN2O2/c16-12-3-1-2-10(8-12)9-14-17-15(20-18-14)11-4-6-13(19)7-5-11/h1-3,8,11,13,19H,4-7,9H2. The molecule has 1 aromatic heterocycles. The van der Waals surface area contributed by atoms with Crippen molar-refractivity contribution >= 4 is 0 Å². The largest absolute Gasteiger partial charge is 0.393 e. The average Bonchev–Trinajstić information content (AvgIpc) is 2.88. The van der Waals surface area contributed by atoms with E-state index < -0.39 is 0 Å². The normalized spacial score (nSPS) is 22.9. The first-order valence-corrected chi connectivity index (χ1v) is 6.95. The maximum atomic E-state index is 13.1. The molecule has 3 rings (SSSR count). The number of halogens is 1. The van der Waals surface area contributed by atoms with Gasteiger partial charge in [0.25, 0.3) is 0 Å². The zero-order chi connectivity index (χ0) is 13.9. The van der Waals surface area contributed by atoms with Crippen LogP contribution < -0.4 is 0 Å². The highest BCUT2D eigenvalue weighted by atomic mass is 19.1. The molecule has 0 saturated heterocycles. The van der Waals surface area contributed by atoms with Crippen LogP contribution in [0.1, 0.15) is 48.9 Å². The molecule has 0 bridgehead atoms. The van der Waals surface area contributed by atoms with Crippen LogP contribution in [0.4, 0.5) is 4.39 Å². The molecule has 106 valence electrons. The zero-order valence-electron chi connectivity index (χ0n) is 11.1. The van der Waals surface area contributed by atoms with Crippen LogP contribution in [0.3, 0.4) is 0 Å². The van der Waals surface area contributed by atoms with Gasteiger partial charge in [0.05, 0.1) is 6.10 Å². The van der Waals surface area contributed by atoms with Crippen molar-refractivity contribution in [1.29, 1.82) is 0 Å². The Morgan fingerprint density at radius 2 is 2.05 bits per heavy atom. The van der Waals surface area contributed by atoms with Crippen LogP contribution in [-0.2, 0) is 6.42 Å². The lowest BCUT2D eigenvalue weighted by Crippen LogP contribution is -2.17. The van der Waals surface area contributed by atoms with Crippen molar-refractivity contribution in [2.75, 3.05) is 0 Å². The van der Waals surface area contributed by atoms with Crippen molar-refractivity contribution in [1.82, 2.24) is 10.1 Å². The van der Waals surface area contributed by atoms with Gasteiger partial charge in [0, 0.05) is 12.3 Å². The third kappa shape index (κ3) is 3.04. The fourth-order valence-electron chi connectivity index (χ4n) is 2.66. The molecule has 0 spiro atoms. The van der Waals surface area contributed by atoms with E-state index in [1.54, 1.807) is 6.07 Å². The van der Waals surface area contributed by atoms with Crippen LogP contribution in [0.15, 0.2) is 28.8 Å². The van der Waals surface area contributed by atoms with Gasteiger partial charge in [0.2, 0.25) is 5.89 Å². The lowest BCUT2D eigenvalue weighted by atomic mass is 9.87. The van der Waals surface area contributed by atoms with Gasteiger partial charge in [-0.3, -0.25) is 0 Å². The van der Waals surface area contributed by atoms with Crippen LogP contribution in [0.2, 0.25) is 0 Å². The molecule has 5 heteroatoms. The molecule has 0 aliphatic heterocycles. The number of aliphatic hydroxyl groups excluding tert-OH is 1. The minimum absolute atomic E-state index is 0.194. The Kier molecular flexibility index (Phi) is 3.78. The molecular formula is C15H17FN2O2. The second-order valence-electron chi connectivity index (χ2n) is 5.36. The lowest BCUT2D eigenvalue weighted by Gasteiger charge is -2.22. The molecule has 0 unspecified atom stereocenters. The van der Waals surface area contributed by atoms with Crippen molar-refractivity contribution in [2.45, 2.75) is 44.1 Å². The van der Waals surface area contributed by atoms with Gasteiger partial charge in [0.1, 0.15) is 5.82 Å². The lowest BCUT2D eigenvalue weighted by molar-refractivity contribution is 0.116. The van der Waals surface area contributed by atoms with Gasteiger partial charge in [0.15, 0.2) is 5.82 Å². The summed E-state index contributed by atoms with van der Waals surface area (Å²) < 4.78 is 18.4. The van der Waals surface area contributed by atoms with Crippen LogP contribution >= 0.6 is 0 Å². The van der Waals surface area contributed by atoms with E-state index in [0.717, 1.165) is 31.2 Å². The third-order valence-corrected chi connectivity index (χ3v) is 3.78. The second-order valence-corrected chi connectivity index (χ2v) is 5.36. The van der Waals surface area contributed by atoms with Gasteiger partial charge in [-0.15, -0.1) is 0 Å². The topological polar surface area (TPSA) is 59.2 Å². The Morgan fingerprint density at radius 3 is 2.80 bits per heavy atom. The molecule has 20 heavy (non-hydrogen) atoms.